The highest BCUT2D eigenvalue weighted by molar-refractivity contribution is 5.93. The maximum Gasteiger partial charge on any atom is 0.193 e. The Kier molecular flexibility index (Phi) is 6.49. The highest BCUT2D eigenvalue weighted by Crippen LogP contribution is 2.22. The predicted octanol–water partition coefficient (Wildman–Crippen LogP) is 3.26. The summed E-state index contributed by atoms with van der Waals surface area (Å²) < 4.78 is 5.29. The first-order valence-corrected chi connectivity index (χ1v) is 8.15. The summed E-state index contributed by atoms with van der Waals surface area (Å²) >= 11 is 0. The molecule has 0 saturated carbocycles. The Labute approximate surface area is 144 Å². The van der Waals surface area contributed by atoms with Crippen LogP contribution in [0.1, 0.15) is 12.5 Å². The van der Waals surface area contributed by atoms with Crippen molar-refractivity contribution in [3.8, 4) is 5.75 Å². The molecule has 0 aliphatic heterocycles. The Bertz CT molecular complexity index is 685. The van der Waals surface area contributed by atoms with Crippen molar-refractivity contribution in [1.82, 2.24) is 0 Å². The molecule has 0 aliphatic rings. The van der Waals surface area contributed by atoms with E-state index in [2.05, 4.69) is 53.3 Å². The normalized spacial score (nSPS) is 11.2. The molecule has 0 heterocycles. The zero-order valence-corrected chi connectivity index (χ0v) is 14.6. The van der Waals surface area contributed by atoms with Crippen molar-refractivity contribution in [2.75, 3.05) is 37.0 Å². The van der Waals surface area contributed by atoms with Gasteiger partial charge in [-0.2, -0.15) is 0 Å². The summed E-state index contributed by atoms with van der Waals surface area (Å²) in [5, 5.41) is 3.09. The minimum Gasteiger partial charge on any atom is -0.495 e. The standard InChI is InChI=1S/C19H26N4O/c1-4-23(16-9-7-8-15(2)14-16)13-12-21-19(20)22-17-10-5-6-11-18(17)24-3/h5-11,14H,4,12-13H2,1-3H3,(H3,20,21,22). The topological polar surface area (TPSA) is 62.9 Å². The fourth-order valence-electron chi connectivity index (χ4n) is 2.51. The highest BCUT2D eigenvalue weighted by atomic mass is 16.5. The lowest BCUT2D eigenvalue weighted by atomic mass is 10.2. The van der Waals surface area contributed by atoms with E-state index >= 15 is 0 Å². The Hall–Kier alpha value is -2.69. The fourth-order valence-corrected chi connectivity index (χ4v) is 2.51. The molecule has 2 aromatic rings. The first kappa shape index (κ1) is 17.7. The molecular weight excluding hydrogens is 300 g/mol. The van der Waals surface area contributed by atoms with Gasteiger partial charge in [-0.1, -0.05) is 24.3 Å². The van der Waals surface area contributed by atoms with Crippen LogP contribution in [-0.4, -0.2) is 32.7 Å². The highest BCUT2D eigenvalue weighted by Gasteiger charge is 2.05. The van der Waals surface area contributed by atoms with Gasteiger partial charge in [0.25, 0.3) is 0 Å². The van der Waals surface area contributed by atoms with Gasteiger partial charge in [-0.3, -0.25) is 4.99 Å². The van der Waals surface area contributed by atoms with Crippen LogP contribution in [0.4, 0.5) is 11.4 Å². The van der Waals surface area contributed by atoms with E-state index in [-0.39, 0.29) is 0 Å². The van der Waals surface area contributed by atoms with Crippen LogP contribution in [0.5, 0.6) is 5.75 Å². The number of benzene rings is 2. The number of aryl methyl sites for hydroxylation is 1. The maximum absolute atomic E-state index is 5.98. The zero-order valence-electron chi connectivity index (χ0n) is 14.6. The first-order valence-electron chi connectivity index (χ1n) is 8.15. The van der Waals surface area contributed by atoms with Crippen molar-refractivity contribution in [2.24, 2.45) is 10.7 Å². The average Bonchev–Trinajstić information content (AvgIpc) is 2.59. The van der Waals surface area contributed by atoms with Gasteiger partial charge in [0, 0.05) is 18.8 Å². The molecule has 0 bridgehead atoms. The molecule has 128 valence electrons. The van der Waals surface area contributed by atoms with Crippen molar-refractivity contribution >= 4 is 17.3 Å². The Balaban J connectivity index is 1.94. The van der Waals surface area contributed by atoms with E-state index in [1.165, 1.54) is 11.3 Å². The molecule has 0 unspecified atom stereocenters. The number of para-hydroxylation sites is 2. The van der Waals surface area contributed by atoms with Crippen molar-refractivity contribution in [2.45, 2.75) is 13.8 Å². The third-order valence-electron chi connectivity index (χ3n) is 3.77. The number of nitrogens with zero attached hydrogens (tertiary/aromatic N) is 2. The molecule has 0 amide bonds. The Morgan fingerprint density at radius 1 is 1.21 bits per heavy atom. The molecule has 0 spiro atoms. The van der Waals surface area contributed by atoms with Gasteiger partial charge in [0.1, 0.15) is 5.75 Å². The van der Waals surface area contributed by atoms with Gasteiger partial charge >= 0.3 is 0 Å². The van der Waals surface area contributed by atoms with Gasteiger partial charge in [-0.15, -0.1) is 0 Å². The van der Waals surface area contributed by atoms with Crippen molar-refractivity contribution in [3.05, 3.63) is 54.1 Å². The largest absolute Gasteiger partial charge is 0.495 e. The minimum atomic E-state index is 0.389. The monoisotopic (exact) mass is 326 g/mol. The molecule has 0 aliphatic carbocycles. The molecule has 24 heavy (non-hydrogen) atoms. The number of guanidine groups is 1. The fraction of sp³-hybridized carbons (Fsp3) is 0.316. The van der Waals surface area contributed by atoms with Crippen LogP contribution >= 0.6 is 0 Å². The molecule has 0 fully saturated rings. The van der Waals surface area contributed by atoms with Gasteiger partial charge in [-0.25, -0.2) is 0 Å². The van der Waals surface area contributed by atoms with E-state index < -0.39 is 0 Å². The van der Waals surface area contributed by atoms with Crippen molar-refractivity contribution in [1.29, 1.82) is 0 Å². The molecular formula is C19H26N4O. The van der Waals surface area contributed by atoms with E-state index in [1.807, 2.05) is 24.3 Å². The lowest BCUT2D eigenvalue weighted by Gasteiger charge is -2.22. The molecule has 5 nitrogen and oxygen atoms in total. The summed E-state index contributed by atoms with van der Waals surface area (Å²) in [6.07, 6.45) is 0. The summed E-state index contributed by atoms with van der Waals surface area (Å²) in [7, 11) is 1.63. The zero-order chi connectivity index (χ0) is 17.4. The number of hydrogen-bond acceptors (Lipinski definition) is 3. The predicted molar refractivity (Wildman–Crippen MR) is 102 cm³/mol. The van der Waals surface area contributed by atoms with Crippen LogP contribution < -0.4 is 20.7 Å². The number of likely N-dealkylation sites (N-methyl/N-ethyl adjacent to an activating group) is 1. The number of hydrogen-bond donors (Lipinski definition) is 2. The number of methoxy groups -OCH3 is 1. The molecule has 2 aromatic carbocycles. The molecule has 0 radical (unpaired) electrons. The molecule has 0 aromatic heterocycles. The number of rotatable bonds is 7. The lowest BCUT2D eigenvalue weighted by Crippen LogP contribution is -2.28. The number of aliphatic imine (C=N–C) groups is 1. The number of ether oxygens (including phenoxy) is 1. The smallest absolute Gasteiger partial charge is 0.193 e. The van der Waals surface area contributed by atoms with Crippen LogP contribution in [0.25, 0.3) is 0 Å². The molecule has 3 N–H and O–H groups in total. The summed E-state index contributed by atoms with van der Waals surface area (Å²) in [6.45, 7) is 6.61. The van der Waals surface area contributed by atoms with Crippen molar-refractivity contribution in [3.63, 3.8) is 0 Å². The lowest BCUT2D eigenvalue weighted by molar-refractivity contribution is 0.417. The Morgan fingerprint density at radius 2 is 2.00 bits per heavy atom. The van der Waals surface area contributed by atoms with Gasteiger partial charge in [0.05, 0.1) is 19.3 Å². The van der Waals surface area contributed by atoms with E-state index in [9.17, 15) is 0 Å². The Morgan fingerprint density at radius 3 is 2.71 bits per heavy atom. The second kappa shape index (κ2) is 8.82. The second-order valence-corrected chi connectivity index (χ2v) is 5.51. The summed E-state index contributed by atoms with van der Waals surface area (Å²) in [5.74, 6) is 1.13. The minimum absolute atomic E-state index is 0.389. The van der Waals surface area contributed by atoms with E-state index in [1.54, 1.807) is 7.11 Å². The van der Waals surface area contributed by atoms with E-state index in [0.717, 1.165) is 24.5 Å². The van der Waals surface area contributed by atoms with E-state index in [0.29, 0.717) is 12.5 Å². The SMILES string of the molecule is CCN(CCN=C(N)Nc1ccccc1OC)c1cccc(C)c1. The van der Waals surface area contributed by atoms with Gasteiger partial charge in [-0.05, 0) is 43.7 Å². The first-order chi connectivity index (χ1) is 11.6. The number of nitrogens with two attached hydrogens (primary N) is 1. The van der Waals surface area contributed by atoms with Crippen LogP contribution in [-0.2, 0) is 0 Å². The molecule has 5 heteroatoms. The quantitative estimate of drug-likeness (QED) is 0.605. The third-order valence-corrected chi connectivity index (χ3v) is 3.77. The summed E-state index contributed by atoms with van der Waals surface area (Å²) in [4.78, 5) is 6.70. The van der Waals surface area contributed by atoms with Crippen LogP contribution in [0.3, 0.4) is 0 Å². The van der Waals surface area contributed by atoms with Crippen LogP contribution in [0.2, 0.25) is 0 Å². The average molecular weight is 326 g/mol. The van der Waals surface area contributed by atoms with Gasteiger partial charge in [0.15, 0.2) is 5.96 Å². The second-order valence-electron chi connectivity index (χ2n) is 5.51. The van der Waals surface area contributed by atoms with Crippen LogP contribution in [0, 0.1) is 6.92 Å². The van der Waals surface area contributed by atoms with E-state index in [4.69, 9.17) is 10.5 Å². The van der Waals surface area contributed by atoms with Crippen LogP contribution in [0.15, 0.2) is 53.5 Å². The maximum atomic E-state index is 5.98. The summed E-state index contributed by atoms with van der Waals surface area (Å²) in [5.41, 5.74) is 9.27. The molecule has 2 rings (SSSR count). The number of nitrogens with one attached hydrogen (secondary N) is 1. The third kappa shape index (κ3) is 4.91. The number of anilines is 2. The van der Waals surface area contributed by atoms with Crippen molar-refractivity contribution < 1.29 is 4.74 Å². The van der Waals surface area contributed by atoms with Gasteiger partial charge in [0.2, 0.25) is 0 Å². The summed E-state index contributed by atoms with van der Waals surface area (Å²) in [6, 6.07) is 16.1. The van der Waals surface area contributed by atoms with Gasteiger partial charge < -0.3 is 20.7 Å². The molecule has 0 atom stereocenters. The molecule has 0 saturated heterocycles.